The lowest BCUT2D eigenvalue weighted by atomic mass is 9.90. The molecule has 20 heavy (non-hydrogen) atoms. The fourth-order valence-electron chi connectivity index (χ4n) is 2.53. The van der Waals surface area contributed by atoms with Gasteiger partial charge in [0.15, 0.2) is 0 Å². The molecule has 1 aliphatic carbocycles. The lowest BCUT2D eigenvalue weighted by molar-refractivity contribution is -0.113. The normalized spacial score (nSPS) is 15.8. The molecule has 1 aromatic carbocycles. The summed E-state index contributed by atoms with van der Waals surface area (Å²) in [5.74, 6) is 2.12. The topological polar surface area (TPSA) is 38.3 Å². The Kier molecular flexibility index (Phi) is 6.25. The number of anilines is 1. The van der Waals surface area contributed by atoms with Crippen LogP contribution in [0.3, 0.4) is 0 Å². The Morgan fingerprint density at radius 3 is 2.60 bits per heavy atom. The van der Waals surface area contributed by atoms with E-state index in [1.54, 1.807) is 0 Å². The predicted molar refractivity (Wildman–Crippen MR) is 85.5 cm³/mol. The van der Waals surface area contributed by atoms with E-state index < -0.39 is 0 Å². The van der Waals surface area contributed by atoms with Crippen molar-refractivity contribution in [2.24, 2.45) is 5.92 Å². The van der Waals surface area contributed by atoms with Crippen LogP contribution in [0.25, 0.3) is 0 Å². The Balaban J connectivity index is 1.77. The van der Waals surface area contributed by atoms with E-state index in [9.17, 15) is 4.79 Å². The first-order valence-corrected chi connectivity index (χ1v) is 8.69. The van der Waals surface area contributed by atoms with E-state index in [0.717, 1.165) is 18.0 Å². The second-order valence-electron chi connectivity index (χ2n) is 5.32. The summed E-state index contributed by atoms with van der Waals surface area (Å²) in [6, 6.07) is 7.65. The lowest BCUT2D eigenvalue weighted by Gasteiger charge is -2.21. The van der Waals surface area contributed by atoms with Crippen LogP contribution in [0.2, 0.25) is 0 Å². The minimum absolute atomic E-state index is 0.0355. The first-order valence-electron chi connectivity index (χ1n) is 7.29. The molecular weight excluding hydrogens is 270 g/mol. The number of hydrogen-bond acceptors (Lipinski definition) is 3. The summed E-state index contributed by atoms with van der Waals surface area (Å²) >= 11 is 1.52. The molecule has 1 saturated carbocycles. The number of hydrogen-bond donors (Lipinski definition) is 1. The van der Waals surface area contributed by atoms with Crippen molar-refractivity contribution in [1.29, 1.82) is 0 Å². The Morgan fingerprint density at radius 2 is 1.95 bits per heavy atom. The van der Waals surface area contributed by atoms with Crippen LogP contribution < -0.4 is 10.1 Å². The molecule has 1 amide bonds. The van der Waals surface area contributed by atoms with Crippen LogP contribution in [-0.2, 0) is 4.79 Å². The molecule has 1 N–H and O–H groups in total. The van der Waals surface area contributed by atoms with E-state index in [4.69, 9.17) is 4.74 Å². The van der Waals surface area contributed by atoms with Crippen molar-refractivity contribution in [3.63, 3.8) is 0 Å². The third kappa shape index (κ3) is 5.08. The zero-order valence-electron chi connectivity index (χ0n) is 12.1. The van der Waals surface area contributed by atoms with E-state index in [2.05, 4.69) is 5.32 Å². The van der Waals surface area contributed by atoms with Crippen molar-refractivity contribution in [1.82, 2.24) is 0 Å². The molecule has 0 bridgehead atoms. The first-order chi connectivity index (χ1) is 9.78. The average molecular weight is 293 g/mol. The maximum absolute atomic E-state index is 11.5. The van der Waals surface area contributed by atoms with Gasteiger partial charge in [-0.1, -0.05) is 19.3 Å². The van der Waals surface area contributed by atoms with Gasteiger partial charge < -0.3 is 10.1 Å². The van der Waals surface area contributed by atoms with Crippen molar-refractivity contribution in [3.8, 4) is 5.75 Å². The monoisotopic (exact) mass is 293 g/mol. The van der Waals surface area contributed by atoms with Gasteiger partial charge in [0.05, 0.1) is 12.4 Å². The summed E-state index contributed by atoms with van der Waals surface area (Å²) in [7, 11) is 0. The van der Waals surface area contributed by atoms with Gasteiger partial charge in [-0.15, -0.1) is 0 Å². The highest BCUT2D eigenvalue weighted by Gasteiger charge is 2.13. The highest BCUT2D eigenvalue weighted by molar-refractivity contribution is 7.99. The highest BCUT2D eigenvalue weighted by Crippen LogP contribution is 2.25. The number of benzene rings is 1. The first kappa shape index (κ1) is 15.2. The van der Waals surface area contributed by atoms with E-state index in [0.29, 0.717) is 11.7 Å². The minimum atomic E-state index is 0.0355. The van der Waals surface area contributed by atoms with E-state index in [1.165, 1.54) is 43.9 Å². The smallest absolute Gasteiger partial charge is 0.234 e. The molecule has 0 unspecified atom stereocenters. The molecule has 0 spiro atoms. The molecule has 1 aliphatic rings. The van der Waals surface area contributed by atoms with Gasteiger partial charge in [-0.2, -0.15) is 11.8 Å². The molecule has 1 fully saturated rings. The lowest BCUT2D eigenvalue weighted by Crippen LogP contribution is -2.15. The van der Waals surface area contributed by atoms with Crippen LogP contribution in [-0.4, -0.2) is 24.5 Å². The SMILES string of the molecule is CSCC(=O)Nc1ccc(OCC2CCCCC2)cc1. The minimum Gasteiger partial charge on any atom is -0.493 e. The molecule has 0 saturated heterocycles. The van der Waals surface area contributed by atoms with Gasteiger partial charge in [-0.25, -0.2) is 0 Å². The third-order valence-corrected chi connectivity index (χ3v) is 4.17. The van der Waals surface area contributed by atoms with E-state index in [1.807, 2.05) is 30.5 Å². The summed E-state index contributed by atoms with van der Waals surface area (Å²) in [6.45, 7) is 0.818. The standard InChI is InChI=1S/C16H23NO2S/c1-20-12-16(18)17-14-7-9-15(10-8-14)19-11-13-5-3-2-4-6-13/h7-10,13H,2-6,11-12H2,1H3,(H,17,18). The Hall–Kier alpha value is -1.16. The van der Waals surface area contributed by atoms with Crippen LogP contribution in [0, 0.1) is 5.92 Å². The molecule has 2 rings (SSSR count). The van der Waals surface area contributed by atoms with Gasteiger partial charge in [-0.3, -0.25) is 4.79 Å². The summed E-state index contributed by atoms with van der Waals surface area (Å²) in [5.41, 5.74) is 0.828. The summed E-state index contributed by atoms with van der Waals surface area (Å²) in [4.78, 5) is 11.5. The molecule has 0 heterocycles. The van der Waals surface area contributed by atoms with Gasteiger partial charge in [0, 0.05) is 5.69 Å². The number of thioether (sulfide) groups is 1. The number of ether oxygens (including phenoxy) is 1. The molecule has 110 valence electrons. The Morgan fingerprint density at radius 1 is 1.25 bits per heavy atom. The molecular formula is C16H23NO2S. The average Bonchev–Trinajstić information content (AvgIpc) is 2.48. The number of amides is 1. The molecule has 1 aromatic rings. The highest BCUT2D eigenvalue weighted by atomic mass is 32.2. The van der Waals surface area contributed by atoms with Crippen molar-refractivity contribution >= 4 is 23.4 Å². The Labute approximate surface area is 125 Å². The molecule has 0 atom stereocenters. The van der Waals surface area contributed by atoms with Gasteiger partial charge in [0.1, 0.15) is 5.75 Å². The number of nitrogens with one attached hydrogen (secondary N) is 1. The predicted octanol–water partition coefficient (Wildman–Crippen LogP) is 3.95. The van der Waals surface area contributed by atoms with Crippen molar-refractivity contribution in [2.75, 3.05) is 23.9 Å². The quantitative estimate of drug-likeness (QED) is 0.863. The molecule has 4 heteroatoms. The van der Waals surface area contributed by atoms with Gasteiger partial charge >= 0.3 is 0 Å². The van der Waals surface area contributed by atoms with Crippen molar-refractivity contribution in [2.45, 2.75) is 32.1 Å². The van der Waals surface area contributed by atoms with Crippen LogP contribution in [0.5, 0.6) is 5.75 Å². The van der Waals surface area contributed by atoms with Gasteiger partial charge in [0.2, 0.25) is 5.91 Å². The molecule has 0 aromatic heterocycles. The van der Waals surface area contributed by atoms with Crippen LogP contribution in [0.15, 0.2) is 24.3 Å². The summed E-state index contributed by atoms with van der Waals surface area (Å²) in [6.07, 6.45) is 8.57. The van der Waals surface area contributed by atoms with Crippen molar-refractivity contribution in [3.05, 3.63) is 24.3 Å². The summed E-state index contributed by atoms with van der Waals surface area (Å²) in [5, 5.41) is 2.86. The van der Waals surface area contributed by atoms with Gasteiger partial charge in [-0.05, 0) is 49.3 Å². The second kappa shape index (κ2) is 8.20. The maximum Gasteiger partial charge on any atom is 0.234 e. The number of carbonyl (C=O) groups is 1. The third-order valence-electron chi connectivity index (χ3n) is 3.62. The van der Waals surface area contributed by atoms with Gasteiger partial charge in [0.25, 0.3) is 0 Å². The van der Waals surface area contributed by atoms with E-state index in [-0.39, 0.29) is 5.91 Å². The Bertz CT molecular complexity index is 413. The largest absolute Gasteiger partial charge is 0.493 e. The fourth-order valence-corrected chi connectivity index (χ4v) is 2.86. The zero-order chi connectivity index (χ0) is 14.2. The van der Waals surface area contributed by atoms with Crippen molar-refractivity contribution < 1.29 is 9.53 Å². The molecule has 0 aliphatic heterocycles. The number of rotatable bonds is 6. The maximum atomic E-state index is 11.5. The van der Waals surface area contributed by atoms with Crippen LogP contribution in [0.1, 0.15) is 32.1 Å². The van der Waals surface area contributed by atoms with Crippen LogP contribution in [0.4, 0.5) is 5.69 Å². The zero-order valence-corrected chi connectivity index (χ0v) is 12.9. The fraction of sp³-hybridized carbons (Fsp3) is 0.562. The summed E-state index contributed by atoms with van der Waals surface area (Å²) < 4.78 is 5.84. The molecule has 0 radical (unpaired) electrons. The number of carbonyl (C=O) groups excluding carboxylic acids is 1. The van der Waals surface area contributed by atoms with E-state index >= 15 is 0 Å². The second-order valence-corrected chi connectivity index (χ2v) is 6.19. The van der Waals surface area contributed by atoms with Crippen LogP contribution >= 0.6 is 11.8 Å². The molecule has 3 nitrogen and oxygen atoms in total.